The van der Waals surface area contributed by atoms with E-state index in [4.69, 9.17) is 4.74 Å². The van der Waals surface area contributed by atoms with Crippen molar-refractivity contribution in [2.75, 3.05) is 43.1 Å². The minimum absolute atomic E-state index is 0.120. The van der Waals surface area contributed by atoms with Crippen molar-refractivity contribution in [2.45, 2.75) is 48.3 Å². The summed E-state index contributed by atoms with van der Waals surface area (Å²) in [6.07, 6.45) is 4.78. The van der Waals surface area contributed by atoms with Gasteiger partial charge in [-0.05, 0) is 37.5 Å². The molecule has 2 aromatic rings. The lowest BCUT2D eigenvalue weighted by molar-refractivity contribution is -0.113. The first-order chi connectivity index (χ1) is 15.4. The van der Waals surface area contributed by atoms with Crippen LogP contribution in [0.25, 0.3) is 0 Å². The number of methoxy groups -OCH3 is 1. The molecule has 176 valence electrons. The van der Waals surface area contributed by atoms with Crippen LogP contribution in [-0.4, -0.2) is 61.3 Å². The van der Waals surface area contributed by atoms with Crippen molar-refractivity contribution in [3.63, 3.8) is 0 Å². The molecule has 0 saturated carbocycles. The molecule has 1 aromatic heterocycles. The van der Waals surface area contributed by atoms with Crippen LogP contribution >= 0.6 is 23.1 Å². The van der Waals surface area contributed by atoms with E-state index in [0.717, 1.165) is 43.8 Å². The Hall–Kier alpha value is -1.89. The number of anilines is 2. The third-order valence-corrected chi connectivity index (χ3v) is 8.82. The molecule has 0 spiro atoms. The van der Waals surface area contributed by atoms with E-state index >= 15 is 0 Å². The van der Waals surface area contributed by atoms with E-state index in [1.54, 1.807) is 6.07 Å². The topological polar surface area (TPSA) is 114 Å². The molecule has 0 bridgehead atoms. The number of thioether (sulfide) groups is 1. The highest BCUT2D eigenvalue weighted by molar-refractivity contribution is 8.01. The van der Waals surface area contributed by atoms with Crippen LogP contribution < -0.4 is 15.4 Å². The molecule has 3 rings (SSSR count). The Balaban J connectivity index is 1.67. The quantitative estimate of drug-likeness (QED) is 0.476. The average Bonchev–Trinajstić information content (AvgIpc) is 3.05. The van der Waals surface area contributed by atoms with Crippen LogP contribution in [0, 0.1) is 0 Å². The highest BCUT2D eigenvalue weighted by Crippen LogP contribution is 2.31. The fourth-order valence-corrected chi connectivity index (χ4v) is 6.38. The van der Waals surface area contributed by atoms with Gasteiger partial charge >= 0.3 is 0 Å². The number of aromatic nitrogens is 2. The van der Waals surface area contributed by atoms with E-state index < -0.39 is 10.0 Å². The predicted octanol–water partition coefficient (Wildman–Crippen LogP) is 3.66. The molecule has 2 heterocycles. The zero-order valence-electron chi connectivity index (χ0n) is 18.3. The summed E-state index contributed by atoms with van der Waals surface area (Å²) in [4.78, 5) is 12.7. The Labute approximate surface area is 197 Å². The molecule has 0 radical (unpaired) electrons. The second-order valence-electron chi connectivity index (χ2n) is 7.32. The van der Waals surface area contributed by atoms with Gasteiger partial charge in [-0.2, -0.15) is 4.31 Å². The first kappa shape index (κ1) is 24.7. The van der Waals surface area contributed by atoms with E-state index in [2.05, 4.69) is 27.8 Å². The zero-order valence-corrected chi connectivity index (χ0v) is 20.7. The molecule has 32 heavy (non-hydrogen) atoms. The summed E-state index contributed by atoms with van der Waals surface area (Å²) in [5, 5.41) is 14.8. The van der Waals surface area contributed by atoms with E-state index in [1.807, 2.05) is 0 Å². The normalized spacial score (nSPS) is 15.2. The van der Waals surface area contributed by atoms with Gasteiger partial charge in [0.05, 0.1) is 23.4 Å². The van der Waals surface area contributed by atoms with Crippen molar-refractivity contribution in [3.05, 3.63) is 18.2 Å². The number of sulfonamides is 1. The zero-order chi connectivity index (χ0) is 23.0. The van der Waals surface area contributed by atoms with Crippen LogP contribution in [0.2, 0.25) is 0 Å². The molecule has 9 nitrogen and oxygen atoms in total. The maximum atomic E-state index is 13.1. The van der Waals surface area contributed by atoms with Gasteiger partial charge in [-0.15, -0.1) is 10.2 Å². The number of carbonyl (C=O) groups is 1. The SMILES string of the molecule is CCCNc1nnc(SCC(=O)Nc2cc(S(=O)(=O)N3CCCCCC3)ccc2OC)s1. The average molecular weight is 500 g/mol. The predicted molar refractivity (Wildman–Crippen MR) is 128 cm³/mol. The maximum absolute atomic E-state index is 13.1. The Morgan fingerprint density at radius 1 is 1.22 bits per heavy atom. The smallest absolute Gasteiger partial charge is 0.243 e. The third kappa shape index (κ3) is 6.56. The summed E-state index contributed by atoms with van der Waals surface area (Å²) in [5.74, 6) is 0.241. The molecule has 1 aromatic carbocycles. The number of ether oxygens (including phenoxy) is 1. The first-order valence-electron chi connectivity index (χ1n) is 10.6. The van der Waals surface area contributed by atoms with Gasteiger partial charge in [0.25, 0.3) is 0 Å². The van der Waals surface area contributed by atoms with Gasteiger partial charge in [0.1, 0.15) is 5.75 Å². The fraction of sp³-hybridized carbons (Fsp3) is 0.550. The van der Waals surface area contributed by atoms with Crippen LogP contribution in [0.5, 0.6) is 5.75 Å². The van der Waals surface area contributed by atoms with Crippen molar-refractivity contribution in [2.24, 2.45) is 0 Å². The summed E-state index contributed by atoms with van der Waals surface area (Å²) < 4.78 is 33.8. The largest absolute Gasteiger partial charge is 0.495 e. The minimum atomic E-state index is -3.63. The van der Waals surface area contributed by atoms with Crippen molar-refractivity contribution in [1.29, 1.82) is 0 Å². The lowest BCUT2D eigenvalue weighted by atomic mass is 10.2. The summed E-state index contributed by atoms with van der Waals surface area (Å²) in [7, 11) is -2.15. The van der Waals surface area contributed by atoms with Crippen molar-refractivity contribution in [1.82, 2.24) is 14.5 Å². The summed E-state index contributed by atoms with van der Waals surface area (Å²) in [6.45, 7) is 3.92. The standard InChI is InChI=1S/C20H29N5O4S3/c1-3-10-21-19-23-24-20(31-19)30-14-18(26)22-16-13-15(8-9-17(16)29-2)32(27,28)25-11-6-4-5-7-12-25/h8-9,13H,3-7,10-12,14H2,1-2H3,(H,21,23)(H,22,26). The number of nitrogens with one attached hydrogen (secondary N) is 2. The minimum Gasteiger partial charge on any atom is -0.495 e. The Morgan fingerprint density at radius 2 is 1.97 bits per heavy atom. The molecule has 1 aliphatic heterocycles. The number of carbonyl (C=O) groups excluding carboxylic acids is 1. The van der Waals surface area contributed by atoms with Gasteiger partial charge in [-0.3, -0.25) is 4.79 Å². The Morgan fingerprint density at radius 3 is 2.66 bits per heavy atom. The number of benzene rings is 1. The third-order valence-electron chi connectivity index (χ3n) is 4.91. The van der Waals surface area contributed by atoms with Crippen LogP contribution in [0.1, 0.15) is 39.0 Å². The highest BCUT2D eigenvalue weighted by atomic mass is 32.2. The van der Waals surface area contributed by atoms with E-state index in [0.29, 0.717) is 28.9 Å². The monoisotopic (exact) mass is 499 g/mol. The highest BCUT2D eigenvalue weighted by Gasteiger charge is 2.26. The van der Waals surface area contributed by atoms with E-state index in [-0.39, 0.29) is 16.6 Å². The maximum Gasteiger partial charge on any atom is 0.243 e. The van der Waals surface area contributed by atoms with Crippen LogP contribution in [0.4, 0.5) is 10.8 Å². The second kappa shape index (κ2) is 11.8. The summed E-state index contributed by atoms with van der Waals surface area (Å²) in [5.41, 5.74) is 0.330. The van der Waals surface area contributed by atoms with Crippen LogP contribution in [0.3, 0.4) is 0 Å². The molecular weight excluding hydrogens is 470 g/mol. The molecule has 0 atom stereocenters. The second-order valence-corrected chi connectivity index (χ2v) is 11.5. The number of hydrogen-bond donors (Lipinski definition) is 2. The van der Waals surface area contributed by atoms with Gasteiger partial charge in [-0.25, -0.2) is 8.42 Å². The van der Waals surface area contributed by atoms with Gasteiger partial charge in [-0.1, -0.05) is 42.9 Å². The van der Waals surface area contributed by atoms with Crippen molar-refractivity contribution < 1.29 is 17.9 Å². The van der Waals surface area contributed by atoms with Gasteiger partial charge in [0.2, 0.25) is 21.1 Å². The van der Waals surface area contributed by atoms with Gasteiger partial charge < -0.3 is 15.4 Å². The fourth-order valence-electron chi connectivity index (χ4n) is 3.26. The van der Waals surface area contributed by atoms with Gasteiger partial charge in [0, 0.05) is 19.6 Å². The Bertz CT molecular complexity index is 1000. The number of rotatable bonds is 10. The van der Waals surface area contributed by atoms with Crippen molar-refractivity contribution in [3.8, 4) is 5.75 Å². The molecule has 1 fully saturated rings. The number of amides is 1. The van der Waals surface area contributed by atoms with Crippen LogP contribution in [-0.2, 0) is 14.8 Å². The van der Waals surface area contributed by atoms with E-state index in [9.17, 15) is 13.2 Å². The molecule has 1 aliphatic rings. The molecule has 0 aliphatic carbocycles. The van der Waals surface area contributed by atoms with Crippen LogP contribution in [0.15, 0.2) is 27.4 Å². The lowest BCUT2D eigenvalue weighted by Gasteiger charge is -2.21. The molecular formula is C20H29N5O4S3. The number of hydrogen-bond acceptors (Lipinski definition) is 9. The lowest BCUT2D eigenvalue weighted by Crippen LogP contribution is -2.32. The number of nitrogens with zero attached hydrogens (tertiary/aromatic N) is 3. The van der Waals surface area contributed by atoms with Gasteiger partial charge in [0.15, 0.2) is 4.34 Å². The molecule has 0 unspecified atom stereocenters. The Kier molecular flexibility index (Phi) is 9.14. The summed E-state index contributed by atoms with van der Waals surface area (Å²) >= 11 is 2.67. The first-order valence-corrected chi connectivity index (χ1v) is 13.9. The van der Waals surface area contributed by atoms with Crippen molar-refractivity contribution >= 4 is 49.8 Å². The molecule has 12 heteroatoms. The molecule has 1 amide bonds. The molecule has 2 N–H and O–H groups in total. The summed E-state index contributed by atoms with van der Waals surface area (Å²) in [6, 6.07) is 4.57. The molecule has 1 saturated heterocycles. The van der Waals surface area contributed by atoms with E-state index in [1.165, 1.54) is 46.6 Å².